The summed E-state index contributed by atoms with van der Waals surface area (Å²) in [6.45, 7) is 2.49. The van der Waals surface area contributed by atoms with Gasteiger partial charge in [0.15, 0.2) is 0 Å². The molecule has 2 aromatic carbocycles. The van der Waals surface area contributed by atoms with Crippen molar-refractivity contribution in [1.82, 2.24) is 0 Å². The van der Waals surface area contributed by atoms with Gasteiger partial charge >= 0.3 is 0 Å². The molecule has 21 heavy (non-hydrogen) atoms. The lowest BCUT2D eigenvalue weighted by atomic mass is 10.2. The Bertz CT molecular complexity index is 746. The van der Waals surface area contributed by atoms with Gasteiger partial charge in [-0.15, -0.1) is 11.3 Å². The topological polar surface area (TPSA) is 38.3 Å². The number of carbonyl (C=O) groups excluding carboxylic acids is 1. The molecule has 0 atom stereocenters. The van der Waals surface area contributed by atoms with Crippen molar-refractivity contribution in [2.75, 3.05) is 11.9 Å². The SMILES string of the molecule is CCOc1ccccc1NC(=O)c1cc2ccccc2s1. The molecule has 0 aliphatic rings. The van der Waals surface area contributed by atoms with Crippen LogP contribution in [0.5, 0.6) is 5.75 Å². The summed E-state index contributed by atoms with van der Waals surface area (Å²) in [5.74, 6) is 0.581. The Morgan fingerprint density at radius 2 is 1.90 bits per heavy atom. The van der Waals surface area contributed by atoms with Gasteiger partial charge in [-0.25, -0.2) is 0 Å². The van der Waals surface area contributed by atoms with Gasteiger partial charge in [-0.1, -0.05) is 30.3 Å². The molecule has 106 valence electrons. The van der Waals surface area contributed by atoms with E-state index in [9.17, 15) is 4.79 Å². The first-order chi connectivity index (χ1) is 10.3. The number of hydrogen-bond acceptors (Lipinski definition) is 3. The largest absolute Gasteiger partial charge is 0.492 e. The van der Waals surface area contributed by atoms with Crippen molar-refractivity contribution in [2.45, 2.75) is 6.92 Å². The number of benzene rings is 2. The van der Waals surface area contributed by atoms with Crippen molar-refractivity contribution in [1.29, 1.82) is 0 Å². The summed E-state index contributed by atoms with van der Waals surface area (Å²) in [7, 11) is 0. The molecule has 3 nitrogen and oxygen atoms in total. The average molecular weight is 297 g/mol. The molecule has 0 saturated carbocycles. The van der Waals surface area contributed by atoms with Crippen LogP contribution in [0.25, 0.3) is 10.1 Å². The number of para-hydroxylation sites is 2. The number of hydrogen-bond donors (Lipinski definition) is 1. The summed E-state index contributed by atoms with van der Waals surface area (Å²) < 4.78 is 6.63. The van der Waals surface area contributed by atoms with E-state index in [1.54, 1.807) is 0 Å². The van der Waals surface area contributed by atoms with Crippen LogP contribution in [0, 0.1) is 0 Å². The van der Waals surface area contributed by atoms with Crippen molar-refractivity contribution < 1.29 is 9.53 Å². The van der Waals surface area contributed by atoms with Crippen molar-refractivity contribution in [3.05, 3.63) is 59.5 Å². The minimum atomic E-state index is -0.108. The third-order valence-corrected chi connectivity index (χ3v) is 4.20. The number of ether oxygens (including phenoxy) is 1. The molecule has 0 spiro atoms. The lowest BCUT2D eigenvalue weighted by Gasteiger charge is -2.10. The van der Waals surface area contributed by atoms with Crippen LogP contribution in [0.1, 0.15) is 16.6 Å². The molecular weight excluding hydrogens is 282 g/mol. The minimum absolute atomic E-state index is 0.108. The van der Waals surface area contributed by atoms with Crippen LogP contribution in [0.4, 0.5) is 5.69 Å². The Kier molecular flexibility index (Phi) is 3.88. The van der Waals surface area contributed by atoms with Gasteiger partial charge in [-0.3, -0.25) is 4.79 Å². The molecule has 3 rings (SSSR count). The maximum Gasteiger partial charge on any atom is 0.265 e. The van der Waals surface area contributed by atoms with Crippen molar-refractivity contribution in [3.8, 4) is 5.75 Å². The van der Waals surface area contributed by atoms with E-state index in [0.717, 1.165) is 10.1 Å². The van der Waals surface area contributed by atoms with E-state index in [4.69, 9.17) is 4.74 Å². The zero-order valence-electron chi connectivity index (χ0n) is 11.6. The second kappa shape index (κ2) is 5.97. The number of nitrogens with one attached hydrogen (secondary N) is 1. The summed E-state index contributed by atoms with van der Waals surface area (Å²) >= 11 is 1.49. The van der Waals surface area contributed by atoms with Gasteiger partial charge in [0.05, 0.1) is 17.2 Å². The molecule has 0 unspecified atom stereocenters. The van der Waals surface area contributed by atoms with Gasteiger partial charge in [0.1, 0.15) is 5.75 Å². The van der Waals surface area contributed by atoms with Crippen LogP contribution in [0.2, 0.25) is 0 Å². The van der Waals surface area contributed by atoms with Crippen LogP contribution < -0.4 is 10.1 Å². The highest BCUT2D eigenvalue weighted by Crippen LogP contribution is 2.28. The molecule has 0 aliphatic heterocycles. The van der Waals surface area contributed by atoms with Gasteiger partial charge in [-0.2, -0.15) is 0 Å². The second-order valence-electron chi connectivity index (χ2n) is 4.53. The third kappa shape index (κ3) is 2.90. The van der Waals surface area contributed by atoms with Crippen LogP contribution in [0.15, 0.2) is 54.6 Å². The molecule has 0 saturated heterocycles. The molecule has 1 amide bonds. The molecule has 1 heterocycles. The van der Waals surface area contributed by atoms with E-state index < -0.39 is 0 Å². The lowest BCUT2D eigenvalue weighted by Crippen LogP contribution is -2.11. The van der Waals surface area contributed by atoms with E-state index in [1.807, 2.05) is 61.5 Å². The van der Waals surface area contributed by atoms with Crippen LogP contribution in [-0.4, -0.2) is 12.5 Å². The highest BCUT2D eigenvalue weighted by Gasteiger charge is 2.12. The van der Waals surface area contributed by atoms with Crippen LogP contribution in [-0.2, 0) is 0 Å². The normalized spacial score (nSPS) is 10.5. The molecule has 0 radical (unpaired) electrons. The molecule has 3 aromatic rings. The maximum absolute atomic E-state index is 12.4. The fourth-order valence-electron chi connectivity index (χ4n) is 2.13. The molecule has 1 N–H and O–H groups in total. The van der Waals surface area contributed by atoms with Crippen molar-refractivity contribution >= 4 is 33.0 Å². The van der Waals surface area contributed by atoms with Crippen LogP contribution >= 0.6 is 11.3 Å². The van der Waals surface area contributed by atoms with Gasteiger partial charge in [-0.05, 0) is 36.6 Å². The van der Waals surface area contributed by atoms with Gasteiger partial charge in [0.2, 0.25) is 0 Å². The molecule has 1 aromatic heterocycles. The number of rotatable bonds is 4. The maximum atomic E-state index is 12.4. The number of fused-ring (bicyclic) bond motifs is 1. The Labute approximate surface area is 127 Å². The van der Waals surface area contributed by atoms with Crippen molar-refractivity contribution in [3.63, 3.8) is 0 Å². The summed E-state index contributed by atoms with van der Waals surface area (Å²) in [6, 6.07) is 17.4. The molecule has 0 bridgehead atoms. The number of anilines is 1. The zero-order chi connectivity index (χ0) is 14.7. The molecular formula is C17H15NO2S. The predicted octanol–water partition coefficient (Wildman–Crippen LogP) is 4.55. The van der Waals surface area contributed by atoms with Gasteiger partial charge < -0.3 is 10.1 Å². The summed E-state index contributed by atoms with van der Waals surface area (Å²) in [5, 5.41) is 4.01. The Hall–Kier alpha value is -2.33. The fraction of sp³-hybridized carbons (Fsp3) is 0.118. The molecule has 0 aliphatic carbocycles. The highest BCUT2D eigenvalue weighted by molar-refractivity contribution is 7.20. The van der Waals surface area contributed by atoms with Crippen molar-refractivity contribution in [2.24, 2.45) is 0 Å². The first-order valence-corrected chi connectivity index (χ1v) is 7.61. The minimum Gasteiger partial charge on any atom is -0.492 e. The van der Waals surface area contributed by atoms with E-state index >= 15 is 0 Å². The van der Waals surface area contributed by atoms with E-state index in [-0.39, 0.29) is 5.91 Å². The van der Waals surface area contributed by atoms with E-state index in [2.05, 4.69) is 5.32 Å². The first-order valence-electron chi connectivity index (χ1n) is 6.79. The van der Waals surface area contributed by atoms with E-state index in [1.165, 1.54) is 11.3 Å². The number of carbonyl (C=O) groups is 1. The smallest absolute Gasteiger partial charge is 0.265 e. The Balaban J connectivity index is 1.86. The summed E-state index contributed by atoms with van der Waals surface area (Å²) in [5.41, 5.74) is 0.696. The number of thiophene rings is 1. The standard InChI is InChI=1S/C17H15NO2S/c1-2-20-14-9-5-4-8-13(14)18-17(19)16-11-12-7-3-6-10-15(12)21-16/h3-11H,2H2,1H3,(H,18,19). The van der Waals surface area contributed by atoms with Gasteiger partial charge in [0, 0.05) is 4.70 Å². The van der Waals surface area contributed by atoms with Crippen LogP contribution in [0.3, 0.4) is 0 Å². The first kappa shape index (κ1) is 13.6. The molecule has 0 fully saturated rings. The highest BCUT2D eigenvalue weighted by atomic mass is 32.1. The quantitative estimate of drug-likeness (QED) is 0.767. The third-order valence-electron chi connectivity index (χ3n) is 3.08. The summed E-state index contributed by atoms with van der Waals surface area (Å²) in [4.78, 5) is 13.1. The monoisotopic (exact) mass is 297 g/mol. The fourth-order valence-corrected chi connectivity index (χ4v) is 3.09. The van der Waals surface area contributed by atoms with E-state index in [0.29, 0.717) is 22.9 Å². The lowest BCUT2D eigenvalue weighted by molar-refractivity contribution is 0.103. The average Bonchev–Trinajstić information content (AvgIpc) is 2.93. The Morgan fingerprint density at radius 1 is 1.14 bits per heavy atom. The predicted molar refractivity (Wildman–Crippen MR) is 87.4 cm³/mol. The number of amides is 1. The van der Waals surface area contributed by atoms with Gasteiger partial charge in [0.25, 0.3) is 5.91 Å². The summed E-state index contributed by atoms with van der Waals surface area (Å²) in [6.07, 6.45) is 0. The zero-order valence-corrected chi connectivity index (χ0v) is 12.4. The Morgan fingerprint density at radius 3 is 2.71 bits per heavy atom. The second-order valence-corrected chi connectivity index (χ2v) is 5.62. The molecule has 4 heteroatoms.